The summed E-state index contributed by atoms with van der Waals surface area (Å²) < 4.78 is 1.28. The molecule has 26 heavy (non-hydrogen) atoms. The number of fused-ring (bicyclic) bond motifs is 1. The van der Waals surface area contributed by atoms with Gasteiger partial charge in [-0.15, -0.1) is 5.10 Å². The van der Waals surface area contributed by atoms with Gasteiger partial charge in [-0.25, -0.2) is 0 Å². The molecule has 0 aliphatic rings. The molecule has 0 atom stereocenters. The fraction of sp³-hybridized carbons (Fsp3) is 0.0500. The molecule has 0 N–H and O–H groups in total. The molecule has 4 aromatic rings. The first-order chi connectivity index (χ1) is 12.7. The smallest absolute Gasteiger partial charge is 0.267 e. The Balaban J connectivity index is 1.63. The van der Waals surface area contributed by atoms with E-state index in [-0.39, 0.29) is 5.56 Å². The lowest BCUT2D eigenvalue weighted by Crippen LogP contribution is -2.22. The van der Waals surface area contributed by atoms with E-state index in [0.29, 0.717) is 22.3 Å². The number of aryl methyl sites for hydroxylation is 1. The zero-order chi connectivity index (χ0) is 17.9. The van der Waals surface area contributed by atoms with E-state index in [4.69, 9.17) is 0 Å². The molecule has 126 valence electrons. The largest absolute Gasteiger partial charge is 0.282 e. The zero-order valence-electron chi connectivity index (χ0n) is 14.1. The van der Waals surface area contributed by atoms with Crippen molar-refractivity contribution in [3.05, 3.63) is 88.7 Å². The molecule has 3 aromatic carbocycles. The molecule has 4 rings (SSSR count). The van der Waals surface area contributed by atoms with E-state index in [1.807, 2.05) is 43.3 Å². The summed E-state index contributed by atoms with van der Waals surface area (Å²) in [5.74, 6) is 0. The second-order valence-electron chi connectivity index (χ2n) is 5.88. The van der Waals surface area contributed by atoms with Crippen LogP contribution in [0, 0.1) is 6.92 Å². The van der Waals surface area contributed by atoms with Crippen LogP contribution in [-0.2, 0) is 0 Å². The van der Waals surface area contributed by atoms with E-state index in [0.717, 1.165) is 5.69 Å². The van der Waals surface area contributed by atoms with Crippen molar-refractivity contribution < 1.29 is 0 Å². The number of aromatic nitrogens is 3. The molecule has 0 radical (unpaired) electrons. The highest BCUT2D eigenvalue weighted by Gasteiger charge is 2.06. The monoisotopic (exact) mass is 341 g/mol. The van der Waals surface area contributed by atoms with E-state index >= 15 is 0 Å². The Kier molecular flexibility index (Phi) is 4.07. The molecule has 0 saturated heterocycles. The molecule has 0 spiro atoms. The summed E-state index contributed by atoms with van der Waals surface area (Å²) in [7, 11) is 0. The summed E-state index contributed by atoms with van der Waals surface area (Å²) in [6, 6.07) is 22.1. The van der Waals surface area contributed by atoms with Crippen molar-refractivity contribution >= 4 is 22.3 Å². The Morgan fingerprint density at radius 1 is 0.808 bits per heavy atom. The van der Waals surface area contributed by atoms with E-state index in [9.17, 15) is 4.79 Å². The summed E-state index contributed by atoms with van der Waals surface area (Å²) >= 11 is 0. The third kappa shape index (κ3) is 3.12. The van der Waals surface area contributed by atoms with Crippen LogP contribution in [0.5, 0.6) is 0 Å². The van der Waals surface area contributed by atoms with Gasteiger partial charge in [0.15, 0.2) is 0 Å². The van der Waals surface area contributed by atoms with E-state index in [1.165, 1.54) is 10.2 Å². The lowest BCUT2D eigenvalue weighted by molar-refractivity contribution is 0.738. The SMILES string of the molecule is Cc1ccc(N=Nc2ccc(-n3nnc4ccccc4c3=O)cc2)cc1. The molecule has 0 fully saturated rings. The van der Waals surface area contributed by atoms with Gasteiger partial charge in [-0.3, -0.25) is 4.79 Å². The average Bonchev–Trinajstić information content (AvgIpc) is 2.69. The predicted molar refractivity (Wildman–Crippen MR) is 100 cm³/mol. The van der Waals surface area contributed by atoms with Crippen molar-refractivity contribution in [3.63, 3.8) is 0 Å². The predicted octanol–water partition coefficient (Wildman–Crippen LogP) is 4.50. The van der Waals surface area contributed by atoms with Crippen LogP contribution in [-0.4, -0.2) is 15.0 Å². The van der Waals surface area contributed by atoms with Gasteiger partial charge in [-0.2, -0.15) is 14.9 Å². The summed E-state index contributed by atoms with van der Waals surface area (Å²) in [5.41, 5.74) is 3.66. The van der Waals surface area contributed by atoms with Gasteiger partial charge in [0.05, 0.1) is 22.4 Å². The maximum atomic E-state index is 12.6. The molecule has 0 bridgehead atoms. The van der Waals surface area contributed by atoms with E-state index in [2.05, 4.69) is 20.5 Å². The standard InChI is InChI=1S/C20H15N5O/c1-14-6-8-15(9-7-14)21-22-16-10-12-17(13-11-16)25-20(26)18-4-2-3-5-19(18)23-24-25/h2-13H,1H3. The molecule has 0 aliphatic heterocycles. The summed E-state index contributed by atoms with van der Waals surface area (Å²) in [5, 5.41) is 17.1. The third-order valence-corrected chi connectivity index (χ3v) is 3.98. The number of hydrogen-bond acceptors (Lipinski definition) is 5. The van der Waals surface area contributed by atoms with Gasteiger partial charge in [0, 0.05) is 0 Å². The van der Waals surface area contributed by atoms with Crippen molar-refractivity contribution in [2.75, 3.05) is 0 Å². The summed E-state index contributed by atoms with van der Waals surface area (Å²) in [6.07, 6.45) is 0. The number of rotatable bonds is 3. The lowest BCUT2D eigenvalue weighted by Gasteiger charge is -2.04. The average molecular weight is 341 g/mol. The molecule has 0 amide bonds. The highest BCUT2D eigenvalue weighted by Crippen LogP contribution is 2.19. The molecule has 1 heterocycles. The minimum atomic E-state index is -0.204. The highest BCUT2D eigenvalue weighted by molar-refractivity contribution is 5.76. The second-order valence-corrected chi connectivity index (χ2v) is 5.88. The maximum absolute atomic E-state index is 12.6. The number of benzene rings is 3. The molecule has 0 saturated carbocycles. The zero-order valence-corrected chi connectivity index (χ0v) is 14.1. The van der Waals surface area contributed by atoms with Crippen molar-refractivity contribution in [3.8, 4) is 5.69 Å². The first-order valence-corrected chi connectivity index (χ1v) is 8.14. The third-order valence-electron chi connectivity index (χ3n) is 3.98. The van der Waals surface area contributed by atoms with E-state index in [1.54, 1.807) is 36.4 Å². The molecule has 6 heteroatoms. The van der Waals surface area contributed by atoms with Gasteiger partial charge < -0.3 is 0 Å². The minimum Gasteiger partial charge on any atom is -0.267 e. The van der Waals surface area contributed by atoms with Crippen molar-refractivity contribution in [1.82, 2.24) is 15.0 Å². The van der Waals surface area contributed by atoms with Crippen LogP contribution >= 0.6 is 0 Å². The fourth-order valence-electron chi connectivity index (χ4n) is 2.55. The van der Waals surface area contributed by atoms with Crippen LogP contribution in [0.1, 0.15) is 5.56 Å². The molecule has 0 aliphatic carbocycles. The summed E-state index contributed by atoms with van der Waals surface area (Å²) in [6.45, 7) is 2.03. The highest BCUT2D eigenvalue weighted by atomic mass is 16.1. The van der Waals surface area contributed by atoms with Crippen LogP contribution in [0.15, 0.2) is 87.8 Å². The van der Waals surface area contributed by atoms with Crippen LogP contribution in [0.3, 0.4) is 0 Å². The van der Waals surface area contributed by atoms with Crippen LogP contribution in [0.4, 0.5) is 11.4 Å². The quantitative estimate of drug-likeness (QED) is 0.515. The van der Waals surface area contributed by atoms with Gasteiger partial charge in [-0.1, -0.05) is 35.0 Å². The number of azo groups is 1. The molecular formula is C20H15N5O. The fourth-order valence-corrected chi connectivity index (χ4v) is 2.55. The summed E-state index contributed by atoms with van der Waals surface area (Å²) in [4.78, 5) is 12.6. The number of hydrogen-bond donors (Lipinski definition) is 0. The first-order valence-electron chi connectivity index (χ1n) is 8.14. The van der Waals surface area contributed by atoms with Crippen molar-refractivity contribution in [2.24, 2.45) is 10.2 Å². The van der Waals surface area contributed by atoms with Crippen molar-refractivity contribution in [2.45, 2.75) is 6.92 Å². The Hall–Kier alpha value is -3.67. The Morgan fingerprint density at radius 3 is 2.12 bits per heavy atom. The Bertz CT molecular complexity index is 1150. The normalized spacial score (nSPS) is 11.3. The van der Waals surface area contributed by atoms with Gasteiger partial charge in [0.1, 0.15) is 5.52 Å². The topological polar surface area (TPSA) is 72.5 Å². The Morgan fingerprint density at radius 2 is 1.42 bits per heavy atom. The van der Waals surface area contributed by atoms with E-state index < -0.39 is 0 Å². The van der Waals surface area contributed by atoms with Gasteiger partial charge >= 0.3 is 0 Å². The number of nitrogens with zero attached hydrogens (tertiary/aromatic N) is 5. The van der Waals surface area contributed by atoms with Crippen LogP contribution < -0.4 is 5.56 Å². The van der Waals surface area contributed by atoms with Crippen LogP contribution in [0.2, 0.25) is 0 Å². The van der Waals surface area contributed by atoms with Gasteiger partial charge in [0.25, 0.3) is 5.56 Å². The van der Waals surface area contributed by atoms with Crippen molar-refractivity contribution in [1.29, 1.82) is 0 Å². The second kappa shape index (κ2) is 6.68. The molecular weight excluding hydrogens is 326 g/mol. The van der Waals surface area contributed by atoms with Gasteiger partial charge in [-0.05, 0) is 55.5 Å². The Labute approximate surface area is 149 Å². The lowest BCUT2D eigenvalue weighted by atomic mass is 10.2. The molecule has 6 nitrogen and oxygen atoms in total. The van der Waals surface area contributed by atoms with Gasteiger partial charge in [0.2, 0.25) is 0 Å². The molecule has 0 unspecified atom stereocenters. The maximum Gasteiger partial charge on any atom is 0.282 e. The minimum absolute atomic E-state index is 0.204. The first kappa shape index (κ1) is 15.8. The van der Waals surface area contributed by atoms with Crippen LogP contribution in [0.25, 0.3) is 16.6 Å². The molecule has 1 aromatic heterocycles.